The third-order valence-corrected chi connectivity index (χ3v) is 2.48. The first-order valence-electron chi connectivity index (χ1n) is 5.35. The number of hydrogen-bond donors (Lipinski definition) is 2. The third-order valence-electron chi connectivity index (χ3n) is 1.92. The number of amides is 3. The van der Waals surface area contributed by atoms with Crippen molar-refractivity contribution in [2.24, 2.45) is 0 Å². The van der Waals surface area contributed by atoms with Crippen molar-refractivity contribution in [3.63, 3.8) is 0 Å². The van der Waals surface area contributed by atoms with Crippen molar-refractivity contribution in [2.75, 3.05) is 32.5 Å². The summed E-state index contributed by atoms with van der Waals surface area (Å²) in [7, 11) is 3.35. The highest BCUT2D eigenvalue weighted by atomic mass is 79.9. The van der Waals surface area contributed by atoms with Crippen LogP contribution in [0.25, 0.3) is 0 Å². The van der Waals surface area contributed by atoms with E-state index in [-0.39, 0.29) is 11.9 Å². The van der Waals surface area contributed by atoms with Gasteiger partial charge in [0.2, 0.25) is 5.91 Å². The van der Waals surface area contributed by atoms with E-state index in [1.165, 1.54) is 4.90 Å². The summed E-state index contributed by atoms with van der Waals surface area (Å²) in [5, 5.41) is 6.35. The Labute approximate surface area is 105 Å². The fourth-order valence-corrected chi connectivity index (χ4v) is 1.39. The van der Waals surface area contributed by atoms with Gasteiger partial charge in [-0.2, -0.15) is 0 Å². The predicted molar refractivity (Wildman–Crippen MR) is 67.7 cm³/mol. The third kappa shape index (κ3) is 8.52. The predicted octanol–water partition coefficient (Wildman–Crippen LogP) is 0.939. The summed E-state index contributed by atoms with van der Waals surface area (Å²) in [5.41, 5.74) is 0. The fourth-order valence-electron chi connectivity index (χ4n) is 0.998. The van der Waals surface area contributed by atoms with Crippen LogP contribution in [0.4, 0.5) is 4.79 Å². The molecule has 0 aliphatic heterocycles. The summed E-state index contributed by atoms with van der Waals surface area (Å²) in [6.45, 7) is 0.938. The summed E-state index contributed by atoms with van der Waals surface area (Å²) in [4.78, 5) is 23.8. The number of carbonyl (C=O) groups excluding carboxylic acids is 2. The van der Waals surface area contributed by atoms with Gasteiger partial charge in [-0.25, -0.2) is 4.79 Å². The molecule has 0 unspecified atom stereocenters. The van der Waals surface area contributed by atoms with Gasteiger partial charge in [0.25, 0.3) is 0 Å². The van der Waals surface area contributed by atoms with Gasteiger partial charge in [0, 0.05) is 38.9 Å². The van der Waals surface area contributed by atoms with E-state index in [2.05, 4.69) is 26.6 Å². The summed E-state index contributed by atoms with van der Waals surface area (Å²) < 4.78 is 0. The molecule has 0 heterocycles. The molecule has 6 heteroatoms. The summed E-state index contributed by atoms with van der Waals surface area (Å²) in [6, 6.07) is -0.145. The van der Waals surface area contributed by atoms with Crippen LogP contribution in [-0.2, 0) is 4.79 Å². The van der Waals surface area contributed by atoms with Crippen LogP contribution in [0, 0.1) is 0 Å². The Morgan fingerprint density at radius 1 is 1.12 bits per heavy atom. The molecule has 0 atom stereocenters. The zero-order chi connectivity index (χ0) is 12.4. The molecule has 0 saturated heterocycles. The summed E-state index contributed by atoms with van der Waals surface area (Å²) in [6.07, 6.45) is 2.44. The molecule has 0 aliphatic rings. The molecule has 3 amide bonds. The zero-order valence-corrected chi connectivity index (χ0v) is 11.5. The first kappa shape index (κ1) is 15.2. The Balaban J connectivity index is 3.37. The molecule has 0 radical (unpaired) electrons. The number of carbonyl (C=O) groups is 2. The van der Waals surface area contributed by atoms with Crippen LogP contribution < -0.4 is 10.6 Å². The van der Waals surface area contributed by atoms with Crippen molar-refractivity contribution in [2.45, 2.75) is 19.3 Å². The number of rotatable bonds is 7. The van der Waals surface area contributed by atoms with E-state index in [0.29, 0.717) is 19.5 Å². The molecule has 0 bridgehead atoms. The highest BCUT2D eigenvalue weighted by Gasteiger charge is 2.02. The second-order valence-corrected chi connectivity index (χ2v) is 4.42. The average molecular weight is 294 g/mol. The van der Waals surface area contributed by atoms with E-state index in [4.69, 9.17) is 0 Å². The minimum Gasteiger partial charge on any atom is -0.354 e. The minimum absolute atomic E-state index is 0.0417. The van der Waals surface area contributed by atoms with Crippen molar-refractivity contribution in [3.8, 4) is 0 Å². The van der Waals surface area contributed by atoms with E-state index in [1.54, 1.807) is 14.1 Å². The molecule has 0 spiro atoms. The maximum atomic E-state index is 11.2. The number of nitrogens with one attached hydrogen (secondary N) is 2. The zero-order valence-electron chi connectivity index (χ0n) is 9.88. The maximum absolute atomic E-state index is 11.2. The Morgan fingerprint density at radius 3 is 2.31 bits per heavy atom. The van der Waals surface area contributed by atoms with E-state index >= 15 is 0 Å². The van der Waals surface area contributed by atoms with Gasteiger partial charge in [-0.3, -0.25) is 4.79 Å². The summed E-state index contributed by atoms with van der Waals surface area (Å²) >= 11 is 3.31. The molecular weight excluding hydrogens is 274 g/mol. The monoisotopic (exact) mass is 293 g/mol. The molecule has 2 N–H and O–H groups in total. The van der Waals surface area contributed by atoms with Crippen LogP contribution in [0.5, 0.6) is 0 Å². The summed E-state index contributed by atoms with van der Waals surface area (Å²) in [5.74, 6) is 0.0417. The molecule has 94 valence electrons. The topological polar surface area (TPSA) is 61.4 Å². The van der Waals surface area contributed by atoms with E-state index in [0.717, 1.165) is 18.2 Å². The Kier molecular flexibility index (Phi) is 8.99. The second-order valence-electron chi connectivity index (χ2n) is 3.62. The van der Waals surface area contributed by atoms with E-state index in [1.807, 2.05) is 0 Å². The Morgan fingerprint density at radius 2 is 1.75 bits per heavy atom. The Hall–Kier alpha value is -0.780. The van der Waals surface area contributed by atoms with Crippen molar-refractivity contribution in [1.82, 2.24) is 15.5 Å². The van der Waals surface area contributed by atoms with Crippen LogP contribution >= 0.6 is 15.9 Å². The molecule has 5 nitrogen and oxygen atoms in total. The number of nitrogens with zero attached hydrogens (tertiary/aromatic N) is 1. The first-order valence-corrected chi connectivity index (χ1v) is 6.48. The lowest BCUT2D eigenvalue weighted by molar-refractivity contribution is -0.121. The van der Waals surface area contributed by atoms with Crippen LogP contribution in [0.15, 0.2) is 0 Å². The minimum atomic E-state index is -0.145. The molecule has 0 aromatic carbocycles. The maximum Gasteiger partial charge on any atom is 0.316 e. The van der Waals surface area contributed by atoms with Crippen LogP contribution in [-0.4, -0.2) is 49.4 Å². The molecule has 0 aromatic heterocycles. The lowest BCUT2D eigenvalue weighted by atomic mass is 10.2. The molecule has 0 aliphatic carbocycles. The molecule has 16 heavy (non-hydrogen) atoms. The number of urea groups is 1. The van der Waals surface area contributed by atoms with E-state index in [9.17, 15) is 9.59 Å². The molecule has 0 fully saturated rings. The van der Waals surface area contributed by atoms with Gasteiger partial charge in [-0.05, 0) is 12.8 Å². The van der Waals surface area contributed by atoms with Crippen molar-refractivity contribution in [1.29, 1.82) is 0 Å². The number of halogens is 1. The van der Waals surface area contributed by atoms with Gasteiger partial charge < -0.3 is 15.5 Å². The Bertz CT molecular complexity index is 222. The first-order chi connectivity index (χ1) is 7.57. The van der Waals surface area contributed by atoms with Gasteiger partial charge >= 0.3 is 6.03 Å². The van der Waals surface area contributed by atoms with Crippen molar-refractivity contribution >= 4 is 27.9 Å². The molecule has 0 aromatic rings. The number of alkyl halides is 1. The van der Waals surface area contributed by atoms with Gasteiger partial charge in [0.15, 0.2) is 0 Å². The molecular formula is C10H20BrN3O2. The quantitative estimate of drug-likeness (QED) is 0.542. The SMILES string of the molecule is CN(C)C(=O)NCCNC(=O)CCCCBr. The van der Waals surface area contributed by atoms with Crippen LogP contribution in [0.2, 0.25) is 0 Å². The number of unbranched alkanes of at least 4 members (excludes halogenated alkanes) is 1. The van der Waals surface area contributed by atoms with Crippen molar-refractivity contribution < 1.29 is 9.59 Å². The van der Waals surface area contributed by atoms with Crippen LogP contribution in [0.1, 0.15) is 19.3 Å². The normalized spacial score (nSPS) is 9.69. The highest BCUT2D eigenvalue weighted by Crippen LogP contribution is 1.97. The second kappa shape index (κ2) is 9.45. The van der Waals surface area contributed by atoms with Gasteiger partial charge in [-0.15, -0.1) is 0 Å². The van der Waals surface area contributed by atoms with Gasteiger partial charge in [0.05, 0.1) is 0 Å². The standard InChI is InChI=1S/C10H20BrN3O2/c1-14(2)10(16)13-8-7-12-9(15)5-3-4-6-11/h3-8H2,1-2H3,(H,12,15)(H,13,16). The lowest BCUT2D eigenvalue weighted by Crippen LogP contribution is -2.39. The largest absolute Gasteiger partial charge is 0.354 e. The highest BCUT2D eigenvalue weighted by molar-refractivity contribution is 9.09. The van der Waals surface area contributed by atoms with E-state index < -0.39 is 0 Å². The average Bonchev–Trinajstić information content (AvgIpc) is 2.24. The van der Waals surface area contributed by atoms with Gasteiger partial charge in [-0.1, -0.05) is 15.9 Å². The van der Waals surface area contributed by atoms with Gasteiger partial charge in [0.1, 0.15) is 0 Å². The lowest BCUT2D eigenvalue weighted by Gasteiger charge is -2.12. The van der Waals surface area contributed by atoms with Crippen molar-refractivity contribution in [3.05, 3.63) is 0 Å². The van der Waals surface area contributed by atoms with Crippen LogP contribution in [0.3, 0.4) is 0 Å². The smallest absolute Gasteiger partial charge is 0.316 e. The number of hydrogen-bond acceptors (Lipinski definition) is 2. The molecule has 0 rings (SSSR count). The fraction of sp³-hybridized carbons (Fsp3) is 0.800. The molecule has 0 saturated carbocycles.